The molecule has 0 unspecified atom stereocenters. The third kappa shape index (κ3) is 5.26. The van der Waals surface area contributed by atoms with E-state index < -0.39 is 55.9 Å². The number of anilines is 1. The third-order valence-corrected chi connectivity index (χ3v) is 7.57. The smallest absolute Gasteiger partial charge is 0.459 e. The average Bonchev–Trinajstić information content (AvgIpc) is 3.03. The second-order valence-electron chi connectivity index (χ2n) is 8.88. The second-order valence-corrected chi connectivity index (χ2v) is 10.6. The lowest BCUT2D eigenvalue weighted by atomic mass is 9.97. The average molecular weight is 554 g/mol. The molecule has 4 rings (SSSR count). The Hall–Kier alpha value is -3.42. The van der Waals surface area contributed by atoms with Gasteiger partial charge < -0.3 is 25.2 Å². The van der Waals surface area contributed by atoms with Crippen LogP contribution in [0.3, 0.4) is 0 Å². The molecular formula is C23H25F2N4O8P. The van der Waals surface area contributed by atoms with Gasteiger partial charge in [-0.05, 0) is 31.4 Å². The van der Waals surface area contributed by atoms with Gasteiger partial charge in [-0.15, -0.1) is 0 Å². The fourth-order valence-electron chi connectivity index (χ4n) is 3.93. The molecule has 1 aliphatic heterocycles. The van der Waals surface area contributed by atoms with Crippen LogP contribution in [0.2, 0.25) is 0 Å². The molecule has 15 heteroatoms. The second kappa shape index (κ2) is 10.0. The number of aliphatic carboxylic acids is 1. The molecule has 0 radical (unpaired) electrons. The standard InChI is InChI=1S/C23H25F2N4O8P/c1-13(18(30)31)28-38(34,37-16-9-5-7-14-6-3-4-8-15(14)16)35-12-23(25)19(32)22(2,24)20(36-23)29-11-10-17(26)27-21(29)33/h3-11,13,19-20,32H,12H2,1-2H3,(H,28,34)(H,30,31)(H2,26,27,33)/t13-,19-,20+,22+,23+,38+/m0/s1. The number of carboxylic acids is 1. The molecule has 12 nitrogen and oxygen atoms in total. The molecule has 0 bridgehead atoms. The molecule has 1 aliphatic rings. The van der Waals surface area contributed by atoms with E-state index in [1.54, 1.807) is 36.4 Å². The van der Waals surface area contributed by atoms with Gasteiger partial charge in [0.1, 0.15) is 24.2 Å². The van der Waals surface area contributed by atoms with E-state index in [0.29, 0.717) is 15.3 Å². The predicted molar refractivity (Wildman–Crippen MR) is 131 cm³/mol. The van der Waals surface area contributed by atoms with Crippen LogP contribution in [0.1, 0.15) is 20.1 Å². The zero-order valence-electron chi connectivity index (χ0n) is 20.2. The first-order chi connectivity index (χ1) is 17.8. The van der Waals surface area contributed by atoms with Crippen LogP contribution < -0.4 is 21.0 Å². The van der Waals surface area contributed by atoms with Crippen molar-refractivity contribution in [3.05, 3.63) is 65.2 Å². The minimum absolute atomic E-state index is 0.0185. The van der Waals surface area contributed by atoms with E-state index in [-0.39, 0.29) is 11.6 Å². The van der Waals surface area contributed by atoms with E-state index in [0.717, 1.165) is 26.1 Å². The summed E-state index contributed by atoms with van der Waals surface area (Å²) in [5, 5.41) is 23.1. The van der Waals surface area contributed by atoms with Gasteiger partial charge in [-0.2, -0.15) is 10.1 Å². The Morgan fingerprint density at radius 2 is 1.97 bits per heavy atom. The number of aliphatic hydroxyl groups is 1. The number of ether oxygens (including phenoxy) is 1. The fourth-order valence-corrected chi connectivity index (χ4v) is 5.46. The molecule has 6 atom stereocenters. The van der Waals surface area contributed by atoms with Crippen LogP contribution in [-0.4, -0.2) is 56.0 Å². The van der Waals surface area contributed by atoms with Crippen LogP contribution in [0.4, 0.5) is 14.6 Å². The van der Waals surface area contributed by atoms with Crippen molar-refractivity contribution in [3.63, 3.8) is 0 Å². The van der Waals surface area contributed by atoms with Gasteiger partial charge >= 0.3 is 19.4 Å². The molecule has 0 aliphatic carbocycles. The number of nitrogens with two attached hydrogens (primary N) is 1. The van der Waals surface area contributed by atoms with Gasteiger partial charge in [0.05, 0.1) is 0 Å². The topological polar surface area (TPSA) is 175 Å². The number of benzene rings is 2. The number of halogens is 2. The highest BCUT2D eigenvalue weighted by Gasteiger charge is 2.65. The van der Waals surface area contributed by atoms with Crippen LogP contribution in [0.15, 0.2) is 59.5 Å². The van der Waals surface area contributed by atoms with Crippen molar-refractivity contribution in [1.29, 1.82) is 0 Å². The van der Waals surface area contributed by atoms with Crippen molar-refractivity contribution in [1.82, 2.24) is 14.6 Å². The van der Waals surface area contributed by atoms with Crippen molar-refractivity contribution < 1.29 is 42.1 Å². The Morgan fingerprint density at radius 3 is 2.66 bits per heavy atom. The summed E-state index contributed by atoms with van der Waals surface area (Å²) in [5.74, 6) is -4.93. The Morgan fingerprint density at radius 1 is 1.29 bits per heavy atom. The lowest BCUT2D eigenvalue weighted by Gasteiger charge is -2.28. The minimum Gasteiger partial charge on any atom is -0.480 e. The molecule has 1 saturated heterocycles. The van der Waals surface area contributed by atoms with E-state index in [2.05, 4.69) is 10.1 Å². The number of nitrogens with zero attached hydrogens (tertiary/aromatic N) is 2. The van der Waals surface area contributed by atoms with Gasteiger partial charge in [0.15, 0.2) is 18.0 Å². The van der Waals surface area contributed by atoms with Crippen molar-refractivity contribution in [3.8, 4) is 5.75 Å². The lowest BCUT2D eigenvalue weighted by Crippen LogP contribution is -2.47. The Labute approximate surface area is 214 Å². The Bertz CT molecular complexity index is 1470. The molecule has 204 valence electrons. The summed E-state index contributed by atoms with van der Waals surface area (Å²) in [7, 11) is -4.71. The van der Waals surface area contributed by atoms with Crippen molar-refractivity contribution in [2.24, 2.45) is 0 Å². The summed E-state index contributed by atoms with van der Waals surface area (Å²) >= 11 is 0. The van der Waals surface area contributed by atoms with Gasteiger partial charge in [0.25, 0.3) is 5.85 Å². The SMILES string of the molecule is C[C@H](N[P@@](=O)(OC[C@@]1(F)O[C@@H](n2ccc(N)nc2=O)[C@](C)(F)[C@@H]1O)Oc1cccc2ccccc12)C(=O)O. The maximum absolute atomic E-state index is 15.8. The number of fused-ring (bicyclic) bond motifs is 1. The molecule has 38 heavy (non-hydrogen) atoms. The summed E-state index contributed by atoms with van der Waals surface area (Å²) in [4.78, 5) is 27.1. The molecular weight excluding hydrogens is 529 g/mol. The maximum atomic E-state index is 15.8. The van der Waals surface area contributed by atoms with Crippen LogP contribution in [0.5, 0.6) is 5.75 Å². The number of carboxylic acid groups (broad SMARTS) is 1. The number of hydrogen-bond donors (Lipinski definition) is 4. The normalized spacial score (nSPS) is 27.6. The largest absolute Gasteiger partial charge is 0.480 e. The maximum Gasteiger partial charge on any atom is 0.459 e. The quantitative estimate of drug-likeness (QED) is 0.286. The van der Waals surface area contributed by atoms with E-state index in [9.17, 15) is 24.4 Å². The number of aliphatic hydroxyl groups excluding tert-OH is 1. The monoisotopic (exact) mass is 554 g/mol. The molecule has 1 aromatic heterocycles. The third-order valence-electron chi connectivity index (χ3n) is 5.96. The summed E-state index contributed by atoms with van der Waals surface area (Å²) in [6.45, 7) is 0.568. The van der Waals surface area contributed by atoms with Gasteiger partial charge in [0, 0.05) is 11.6 Å². The molecule has 2 aromatic carbocycles. The minimum atomic E-state index is -4.71. The molecule has 3 aromatic rings. The van der Waals surface area contributed by atoms with Gasteiger partial charge in [-0.3, -0.25) is 13.9 Å². The first kappa shape index (κ1) is 27.6. The van der Waals surface area contributed by atoms with Crippen LogP contribution in [-0.2, 0) is 18.6 Å². The summed E-state index contributed by atoms with van der Waals surface area (Å²) in [6.07, 6.45) is -3.53. The van der Waals surface area contributed by atoms with Gasteiger partial charge in [-0.1, -0.05) is 36.4 Å². The lowest BCUT2D eigenvalue weighted by molar-refractivity contribution is -0.203. The predicted octanol–water partition coefficient (Wildman–Crippen LogP) is 2.53. The van der Waals surface area contributed by atoms with Crippen LogP contribution >= 0.6 is 7.75 Å². The number of alkyl halides is 2. The molecule has 2 heterocycles. The zero-order chi connectivity index (χ0) is 27.9. The number of hydrogen-bond acceptors (Lipinski definition) is 9. The highest BCUT2D eigenvalue weighted by Crippen LogP contribution is 2.52. The Kier molecular flexibility index (Phi) is 7.30. The zero-order valence-corrected chi connectivity index (χ0v) is 21.0. The number of nitrogen functional groups attached to an aromatic ring is 1. The van der Waals surface area contributed by atoms with Crippen LogP contribution in [0.25, 0.3) is 10.8 Å². The Balaban J connectivity index is 1.64. The van der Waals surface area contributed by atoms with Gasteiger partial charge in [-0.25, -0.2) is 18.1 Å². The summed E-state index contributed by atoms with van der Waals surface area (Å²) < 4.78 is 61.5. The number of carbonyl (C=O) groups is 1. The highest BCUT2D eigenvalue weighted by atomic mass is 31.2. The number of nitrogens with one attached hydrogen (secondary N) is 1. The van der Waals surface area contributed by atoms with Gasteiger partial charge in [0.2, 0.25) is 0 Å². The van der Waals surface area contributed by atoms with E-state index >= 15 is 8.78 Å². The van der Waals surface area contributed by atoms with Crippen LogP contribution in [0, 0.1) is 0 Å². The van der Waals surface area contributed by atoms with E-state index in [1.165, 1.54) is 6.07 Å². The first-order valence-electron chi connectivity index (χ1n) is 11.3. The molecule has 5 N–H and O–H groups in total. The summed E-state index contributed by atoms with van der Waals surface area (Å²) in [6, 6.07) is 11.3. The molecule has 0 saturated carbocycles. The first-order valence-corrected chi connectivity index (χ1v) is 12.8. The van der Waals surface area contributed by atoms with Crippen molar-refractivity contribution in [2.75, 3.05) is 12.3 Å². The highest BCUT2D eigenvalue weighted by molar-refractivity contribution is 7.52. The number of rotatable bonds is 9. The van der Waals surface area contributed by atoms with E-state index in [4.69, 9.17) is 19.5 Å². The molecule has 1 fully saturated rings. The van der Waals surface area contributed by atoms with E-state index in [1.807, 2.05) is 0 Å². The fraction of sp³-hybridized carbons (Fsp3) is 0.348. The van der Waals surface area contributed by atoms with Crippen molar-refractivity contribution in [2.45, 2.75) is 43.7 Å². The molecule has 0 amide bonds. The number of aromatic nitrogens is 2. The summed E-state index contributed by atoms with van der Waals surface area (Å²) in [5.41, 5.74) is 1.47. The molecule has 0 spiro atoms. The van der Waals surface area contributed by atoms with Crippen molar-refractivity contribution >= 4 is 30.3 Å².